The van der Waals surface area contributed by atoms with Crippen LogP contribution in [0.5, 0.6) is 0 Å². The number of hydrogen-bond donors (Lipinski definition) is 1. The summed E-state index contributed by atoms with van der Waals surface area (Å²) in [6, 6.07) is 4.84. The molecule has 6 heteroatoms. The number of ether oxygens (including phenoxy) is 1. The molecule has 0 amide bonds. The molecule has 0 aliphatic heterocycles. The lowest BCUT2D eigenvalue weighted by Crippen LogP contribution is -2.24. The van der Waals surface area contributed by atoms with Crippen LogP contribution in [0.1, 0.15) is 31.1 Å². The maximum atomic E-state index is 11.9. The van der Waals surface area contributed by atoms with E-state index in [-0.39, 0.29) is 5.56 Å². The molecule has 0 spiro atoms. The van der Waals surface area contributed by atoms with Crippen LogP contribution in [0.15, 0.2) is 18.2 Å². The van der Waals surface area contributed by atoms with Crippen molar-refractivity contribution in [2.45, 2.75) is 26.4 Å². The van der Waals surface area contributed by atoms with E-state index < -0.39 is 11.6 Å². The van der Waals surface area contributed by atoms with Gasteiger partial charge in [0.05, 0.1) is 5.56 Å². The SMILES string of the molecule is CC(C)(C)OC(=O)c1cccc2c1nnn2O. The molecular weight excluding hydrogens is 222 g/mol. The second-order valence-corrected chi connectivity index (χ2v) is 4.65. The van der Waals surface area contributed by atoms with Gasteiger partial charge in [-0.15, -0.1) is 5.10 Å². The third-order valence-corrected chi connectivity index (χ3v) is 2.08. The Morgan fingerprint density at radius 1 is 1.41 bits per heavy atom. The second kappa shape index (κ2) is 3.73. The standard InChI is InChI=1S/C11H13N3O3/c1-11(2,3)17-10(15)7-5-4-6-8-9(7)12-13-14(8)16/h4-6,16H,1-3H3. The zero-order chi connectivity index (χ0) is 12.6. The summed E-state index contributed by atoms with van der Waals surface area (Å²) in [6.07, 6.45) is 0. The Balaban J connectivity index is 2.45. The van der Waals surface area contributed by atoms with Gasteiger partial charge in [-0.2, -0.15) is 0 Å². The van der Waals surface area contributed by atoms with Gasteiger partial charge in [-0.3, -0.25) is 0 Å². The average Bonchev–Trinajstić information content (AvgIpc) is 2.58. The highest BCUT2D eigenvalue weighted by atomic mass is 16.6. The topological polar surface area (TPSA) is 77.2 Å². The predicted molar refractivity (Wildman–Crippen MR) is 59.9 cm³/mol. The van der Waals surface area contributed by atoms with Crippen molar-refractivity contribution >= 4 is 17.0 Å². The van der Waals surface area contributed by atoms with E-state index in [0.717, 1.165) is 0 Å². The fourth-order valence-corrected chi connectivity index (χ4v) is 1.43. The molecule has 0 saturated carbocycles. The fourth-order valence-electron chi connectivity index (χ4n) is 1.43. The van der Waals surface area contributed by atoms with Crippen LogP contribution >= 0.6 is 0 Å². The smallest absolute Gasteiger partial charge is 0.341 e. The van der Waals surface area contributed by atoms with Crippen molar-refractivity contribution in [2.24, 2.45) is 0 Å². The van der Waals surface area contributed by atoms with Gasteiger partial charge in [0.15, 0.2) is 0 Å². The van der Waals surface area contributed by atoms with Gasteiger partial charge in [0, 0.05) is 0 Å². The molecule has 0 unspecified atom stereocenters. The highest BCUT2D eigenvalue weighted by Crippen LogP contribution is 2.18. The molecular formula is C11H13N3O3. The monoisotopic (exact) mass is 235 g/mol. The number of esters is 1. The Morgan fingerprint density at radius 2 is 2.12 bits per heavy atom. The van der Waals surface area contributed by atoms with E-state index in [1.54, 1.807) is 39.0 Å². The van der Waals surface area contributed by atoms with Gasteiger partial charge in [0.25, 0.3) is 0 Å². The van der Waals surface area contributed by atoms with Crippen molar-refractivity contribution in [3.05, 3.63) is 23.8 Å². The van der Waals surface area contributed by atoms with Crippen molar-refractivity contribution in [1.29, 1.82) is 0 Å². The third kappa shape index (κ3) is 2.20. The third-order valence-electron chi connectivity index (χ3n) is 2.08. The van der Waals surface area contributed by atoms with Gasteiger partial charge in [-0.1, -0.05) is 10.9 Å². The molecule has 0 fully saturated rings. The number of rotatable bonds is 1. The first-order valence-electron chi connectivity index (χ1n) is 5.15. The van der Waals surface area contributed by atoms with Gasteiger partial charge in [0.2, 0.25) is 0 Å². The van der Waals surface area contributed by atoms with E-state index in [9.17, 15) is 10.0 Å². The summed E-state index contributed by atoms with van der Waals surface area (Å²) in [4.78, 5) is 12.5. The molecule has 1 heterocycles. The summed E-state index contributed by atoms with van der Waals surface area (Å²) in [5.74, 6) is -0.483. The number of aromatic nitrogens is 3. The van der Waals surface area contributed by atoms with Crippen LogP contribution in [-0.4, -0.2) is 31.9 Å². The molecule has 90 valence electrons. The molecule has 0 aliphatic carbocycles. The first kappa shape index (κ1) is 11.4. The summed E-state index contributed by atoms with van der Waals surface area (Å²) < 4.78 is 5.24. The molecule has 0 radical (unpaired) electrons. The van der Waals surface area contributed by atoms with Crippen LogP contribution in [0.3, 0.4) is 0 Å². The van der Waals surface area contributed by atoms with Crippen LogP contribution in [-0.2, 0) is 4.74 Å². The number of carbonyl (C=O) groups excluding carboxylic acids is 1. The van der Waals surface area contributed by atoms with E-state index in [4.69, 9.17) is 4.74 Å². The summed E-state index contributed by atoms with van der Waals surface area (Å²) in [5.41, 5.74) is 0.407. The largest absolute Gasteiger partial charge is 0.456 e. The normalized spacial score (nSPS) is 11.7. The van der Waals surface area contributed by atoms with Gasteiger partial charge in [0.1, 0.15) is 16.6 Å². The zero-order valence-electron chi connectivity index (χ0n) is 9.84. The molecule has 1 aromatic heterocycles. The van der Waals surface area contributed by atoms with Crippen LogP contribution in [0.25, 0.3) is 11.0 Å². The second-order valence-electron chi connectivity index (χ2n) is 4.65. The molecule has 6 nitrogen and oxygen atoms in total. The lowest BCUT2D eigenvalue weighted by Gasteiger charge is -2.19. The summed E-state index contributed by atoms with van der Waals surface area (Å²) >= 11 is 0. The Morgan fingerprint density at radius 3 is 2.76 bits per heavy atom. The van der Waals surface area contributed by atoms with Crippen LogP contribution in [0, 0.1) is 0 Å². The molecule has 0 saturated heterocycles. The van der Waals surface area contributed by atoms with E-state index in [1.165, 1.54) is 0 Å². The van der Waals surface area contributed by atoms with E-state index >= 15 is 0 Å². The Bertz CT molecular complexity index is 569. The maximum absolute atomic E-state index is 11.9. The minimum atomic E-state index is -0.575. The Labute approximate surface area is 97.8 Å². The van der Waals surface area contributed by atoms with E-state index in [2.05, 4.69) is 10.3 Å². The van der Waals surface area contributed by atoms with Crippen molar-refractivity contribution in [3.63, 3.8) is 0 Å². The maximum Gasteiger partial charge on any atom is 0.341 e. The van der Waals surface area contributed by atoms with Crippen LogP contribution in [0.4, 0.5) is 0 Å². The number of fused-ring (bicyclic) bond motifs is 1. The fraction of sp³-hybridized carbons (Fsp3) is 0.364. The number of nitrogens with zero attached hydrogens (tertiary/aromatic N) is 3. The van der Waals surface area contributed by atoms with Gasteiger partial charge >= 0.3 is 5.97 Å². The first-order valence-corrected chi connectivity index (χ1v) is 5.15. The zero-order valence-corrected chi connectivity index (χ0v) is 9.84. The average molecular weight is 235 g/mol. The molecule has 1 aromatic carbocycles. The minimum absolute atomic E-state index is 0.290. The van der Waals surface area contributed by atoms with Crippen molar-refractivity contribution in [3.8, 4) is 0 Å². The number of benzene rings is 1. The van der Waals surface area contributed by atoms with E-state index in [0.29, 0.717) is 15.9 Å². The molecule has 0 atom stereocenters. The summed E-state index contributed by atoms with van der Waals surface area (Å²) in [6.45, 7) is 5.36. The lowest BCUT2D eigenvalue weighted by molar-refractivity contribution is 0.00716. The molecule has 2 rings (SSSR count). The highest BCUT2D eigenvalue weighted by Gasteiger charge is 2.21. The van der Waals surface area contributed by atoms with Gasteiger partial charge < -0.3 is 9.94 Å². The van der Waals surface area contributed by atoms with Crippen LogP contribution in [0.2, 0.25) is 0 Å². The Hall–Kier alpha value is -2.11. The summed E-state index contributed by atoms with van der Waals surface area (Å²) in [5, 5.41) is 16.5. The quantitative estimate of drug-likeness (QED) is 0.600. The number of hydrogen-bond acceptors (Lipinski definition) is 5. The Kier molecular flexibility index (Phi) is 2.49. The molecule has 2 aromatic rings. The van der Waals surface area contributed by atoms with Crippen molar-refractivity contribution < 1.29 is 14.7 Å². The predicted octanol–water partition coefficient (Wildman–Crippen LogP) is 1.62. The van der Waals surface area contributed by atoms with Gasteiger partial charge in [-0.25, -0.2) is 4.79 Å². The van der Waals surface area contributed by atoms with Crippen molar-refractivity contribution in [1.82, 2.24) is 15.2 Å². The molecule has 0 aliphatic rings. The molecule has 1 N–H and O–H groups in total. The summed E-state index contributed by atoms with van der Waals surface area (Å²) in [7, 11) is 0. The highest BCUT2D eigenvalue weighted by molar-refractivity contribution is 6.01. The van der Waals surface area contributed by atoms with Crippen molar-refractivity contribution in [2.75, 3.05) is 0 Å². The number of carbonyl (C=O) groups is 1. The molecule has 0 bridgehead atoms. The van der Waals surface area contributed by atoms with E-state index in [1.807, 2.05) is 0 Å². The first-order chi connectivity index (χ1) is 7.88. The lowest BCUT2D eigenvalue weighted by atomic mass is 10.1. The molecule has 17 heavy (non-hydrogen) atoms. The van der Waals surface area contributed by atoms with Gasteiger partial charge in [-0.05, 0) is 38.1 Å². The van der Waals surface area contributed by atoms with Crippen LogP contribution < -0.4 is 0 Å². The minimum Gasteiger partial charge on any atom is -0.456 e.